The molecule has 1 aliphatic rings. The fourth-order valence-electron chi connectivity index (χ4n) is 2.81. The molecule has 0 atom stereocenters. The van der Waals surface area contributed by atoms with Gasteiger partial charge in [0.05, 0.1) is 10.5 Å². The molecule has 0 saturated carbocycles. The van der Waals surface area contributed by atoms with Crippen molar-refractivity contribution in [3.05, 3.63) is 53.1 Å². The van der Waals surface area contributed by atoms with Gasteiger partial charge in [-0.25, -0.2) is 17.9 Å². The zero-order chi connectivity index (χ0) is 22.1. The van der Waals surface area contributed by atoms with E-state index in [0.29, 0.717) is 22.6 Å². The predicted octanol–water partition coefficient (Wildman–Crippen LogP) is 2.84. The summed E-state index contributed by atoms with van der Waals surface area (Å²) in [6.45, 7) is 6.41. The zero-order valence-electron chi connectivity index (χ0n) is 17.1. The van der Waals surface area contributed by atoms with Crippen LogP contribution in [0.2, 0.25) is 0 Å². The zero-order valence-corrected chi connectivity index (χ0v) is 18.0. The summed E-state index contributed by atoms with van der Waals surface area (Å²) in [5.41, 5.74) is 0.242. The van der Waals surface area contributed by atoms with Gasteiger partial charge in [-0.1, -0.05) is 6.07 Å². The van der Waals surface area contributed by atoms with E-state index in [0.717, 1.165) is 0 Å². The molecule has 0 saturated heterocycles. The summed E-state index contributed by atoms with van der Waals surface area (Å²) >= 11 is 0. The Kier molecular flexibility index (Phi) is 5.87. The van der Waals surface area contributed by atoms with E-state index in [-0.39, 0.29) is 17.3 Å². The van der Waals surface area contributed by atoms with Crippen molar-refractivity contribution >= 4 is 21.8 Å². The minimum atomic E-state index is -3.82. The number of ether oxygens (including phenoxy) is 3. The minimum Gasteiger partial charge on any atom is -0.454 e. The third kappa shape index (κ3) is 4.98. The molecule has 2 aromatic rings. The number of aryl methyl sites for hydroxylation is 1. The Balaban J connectivity index is 1.73. The first-order valence-electron chi connectivity index (χ1n) is 9.21. The lowest BCUT2D eigenvalue weighted by Gasteiger charge is -2.20. The van der Waals surface area contributed by atoms with Crippen molar-refractivity contribution in [3.63, 3.8) is 0 Å². The Bertz CT molecular complexity index is 1100. The van der Waals surface area contributed by atoms with Crippen LogP contribution in [-0.4, -0.2) is 39.1 Å². The second-order valence-electron chi connectivity index (χ2n) is 7.90. The van der Waals surface area contributed by atoms with Gasteiger partial charge in [0.25, 0.3) is 0 Å². The highest BCUT2D eigenvalue weighted by molar-refractivity contribution is 7.89. The van der Waals surface area contributed by atoms with Crippen LogP contribution in [0.3, 0.4) is 0 Å². The molecule has 1 N–H and O–H groups in total. The SMILES string of the molecule is Cc1ccc(S(=O)(=O)NC(C)(C)C)cc1C(=O)OCC(=O)c1ccc2c(c1)OCO2. The van der Waals surface area contributed by atoms with E-state index < -0.39 is 33.9 Å². The highest BCUT2D eigenvalue weighted by atomic mass is 32.2. The molecule has 0 aliphatic carbocycles. The molecule has 0 amide bonds. The maximum atomic E-state index is 12.5. The van der Waals surface area contributed by atoms with Crippen LogP contribution in [0.1, 0.15) is 47.1 Å². The van der Waals surface area contributed by atoms with Crippen molar-refractivity contribution in [1.82, 2.24) is 4.72 Å². The standard InChI is InChI=1S/C21H23NO7S/c1-13-5-7-15(30(25,26)22-21(2,3)4)10-16(13)20(24)27-11-17(23)14-6-8-18-19(9-14)29-12-28-18/h5-10,22H,11-12H2,1-4H3. The molecule has 0 spiro atoms. The summed E-state index contributed by atoms with van der Waals surface area (Å²) < 4.78 is 43.2. The average Bonchev–Trinajstić information content (AvgIpc) is 3.11. The number of Topliss-reactive ketones (excluding diaryl/α,β-unsaturated/α-hetero) is 1. The monoisotopic (exact) mass is 433 g/mol. The van der Waals surface area contributed by atoms with Gasteiger partial charge in [-0.15, -0.1) is 0 Å². The lowest BCUT2D eigenvalue weighted by atomic mass is 10.1. The van der Waals surface area contributed by atoms with E-state index in [1.807, 2.05) is 0 Å². The van der Waals surface area contributed by atoms with Crippen LogP contribution in [0.5, 0.6) is 11.5 Å². The molecule has 1 heterocycles. The van der Waals surface area contributed by atoms with Crippen LogP contribution < -0.4 is 14.2 Å². The molecule has 160 valence electrons. The van der Waals surface area contributed by atoms with Crippen molar-refractivity contribution < 1.29 is 32.2 Å². The number of hydrogen-bond donors (Lipinski definition) is 1. The first-order valence-corrected chi connectivity index (χ1v) is 10.7. The van der Waals surface area contributed by atoms with E-state index in [2.05, 4.69) is 4.72 Å². The summed E-state index contributed by atoms with van der Waals surface area (Å²) in [5, 5.41) is 0. The molecule has 0 aromatic heterocycles. The summed E-state index contributed by atoms with van der Waals surface area (Å²) in [4.78, 5) is 24.8. The molecule has 0 fully saturated rings. The van der Waals surface area contributed by atoms with Gasteiger partial charge in [0.15, 0.2) is 23.9 Å². The number of fused-ring (bicyclic) bond motifs is 1. The first kappa shape index (κ1) is 21.8. The number of carbonyl (C=O) groups excluding carboxylic acids is 2. The van der Waals surface area contributed by atoms with E-state index in [4.69, 9.17) is 14.2 Å². The second-order valence-corrected chi connectivity index (χ2v) is 9.58. The Morgan fingerprint density at radius 2 is 1.77 bits per heavy atom. The number of esters is 1. The third-order valence-corrected chi connectivity index (χ3v) is 5.96. The van der Waals surface area contributed by atoms with Crippen LogP contribution in [0, 0.1) is 6.92 Å². The molecule has 30 heavy (non-hydrogen) atoms. The van der Waals surface area contributed by atoms with Gasteiger partial charge in [0.2, 0.25) is 16.8 Å². The van der Waals surface area contributed by atoms with Gasteiger partial charge in [-0.2, -0.15) is 0 Å². The molecule has 9 heteroatoms. The molecule has 3 rings (SSSR count). The van der Waals surface area contributed by atoms with Crippen molar-refractivity contribution in [3.8, 4) is 11.5 Å². The number of hydrogen-bond acceptors (Lipinski definition) is 7. The molecule has 8 nitrogen and oxygen atoms in total. The van der Waals surface area contributed by atoms with Crippen LogP contribution in [0.25, 0.3) is 0 Å². The van der Waals surface area contributed by atoms with Crippen molar-refractivity contribution in [1.29, 1.82) is 0 Å². The maximum absolute atomic E-state index is 12.5. The number of sulfonamides is 1. The first-order chi connectivity index (χ1) is 14.0. The van der Waals surface area contributed by atoms with Crippen molar-refractivity contribution in [2.75, 3.05) is 13.4 Å². The normalized spacial score (nSPS) is 13.2. The molecule has 0 bridgehead atoms. The van der Waals surface area contributed by atoms with Gasteiger partial charge >= 0.3 is 5.97 Å². The van der Waals surface area contributed by atoms with Gasteiger partial charge < -0.3 is 14.2 Å². The quantitative estimate of drug-likeness (QED) is 0.551. The second kappa shape index (κ2) is 8.08. The van der Waals surface area contributed by atoms with Gasteiger partial charge in [-0.05, 0) is 63.6 Å². The fourth-order valence-corrected chi connectivity index (χ4v) is 4.26. The van der Waals surface area contributed by atoms with Gasteiger partial charge in [0, 0.05) is 11.1 Å². The van der Waals surface area contributed by atoms with Crippen LogP contribution in [-0.2, 0) is 14.8 Å². The Labute approximate surface area is 175 Å². The lowest BCUT2D eigenvalue weighted by Crippen LogP contribution is -2.40. The Morgan fingerprint density at radius 3 is 2.47 bits per heavy atom. The third-order valence-electron chi connectivity index (χ3n) is 4.21. The van der Waals surface area contributed by atoms with Crippen molar-refractivity contribution in [2.24, 2.45) is 0 Å². The molecular formula is C21H23NO7S. The van der Waals surface area contributed by atoms with Crippen LogP contribution >= 0.6 is 0 Å². The number of rotatable bonds is 6. The predicted molar refractivity (Wildman–Crippen MR) is 108 cm³/mol. The number of ketones is 1. The number of benzene rings is 2. The fraction of sp³-hybridized carbons (Fsp3) is 0.333. The minimum absolute atomic E-state index is 0.0583. The molecule has 0 radical (unpaired) electrons. The van der Waals surface area contributed by atoms with Crippen LogP contribution in [0.15, 0.2) is 41.3 Å². The smallest absolute Gasteiger partial charge is 0.338 e. The van der Waals surface area contributed by atoms with E-state index in [9.17, 15) is 18.0 Å². The van der Waals surface area contributed by atoms with E-state index in [1.165, 1.54) is 24.3 Å². The topological polar surface area (TPSA) is 108 Å². The highest BCUT2D eigenvalue weighted by Gasteiger charge is 2.24. The van der Waals surface area contributed by atoms with Gasteiger partial charge in [0.1, 0.15) is 0 Å². The average molecular weight is 433 g/mol. The Hall–Kier alpha value is -2.91. The summed E-state index contributed by atoms with van der Waals surface area (Å²) in [7, 11) is -3.82. The number of carbonyl (C=O) groups is 2. The largest absolute Gasteiger partial charge is 0.454 e. The van der Waals surface area contributed by atoms with Crippen LogP contribution in [0.4, 0.5) is 0 Å². The number of nitrogens with one attached hydrogen (secondary N) is 1. The van der Waals surface area contributed by atoms with E-state index in [1.54, 1.807) is 39.8 Å². The van der Waals surface area contributed by atoms with Gasteiger partial charge in [-0.3, -0.25) is 4.79 Å². The summed E-state index contributed by atoms with van der Waals surface area (Å²) in [6, 6.07) is 8.87. The van der Waals surface area contributed by atoms with E-state index >= 15 is 0 Å². The molecule has 0 unspecified atom stereocenters. The van der Waals surface area contributed by atoms with Crippen molar-refractivity contribution in [2.45, 2.75) is 38.1 Å². The molecule has 2 aromatic carbocycles. The lowest BCUT2D eigenvalue weighted by molar-refractivity contribution is 0.0473. The Morgan fingerprint density at radius 1 is 1.07 bits per heavy atom. The summed E-state index contributed by atoms with van der Waals surface area (Å²) in [5.74, 6) is -0.208. The highest BCUT2D eigenvalue weighted by Crippen LogP contribution is 2.32. The molecule has 1 aliphatic heterocycles. The summed E-state index contributed by atoms with van der Waals surface area (Å²) in [6.07, 6.45) is 0. The maximum Gasteiger partial charge on any atom is 0.338 e. The molecular weight excluding hydrogens is 410 g/mol.